The van der Waals surface area contributed by atoms with Crippen molar-refractivity contribution in [2.45, 2.75) is 32.9 Å². The molecular formula is C16H23N3S. The topological polar surface area (TPSA) is 29.9 Å². The molecule has 0 spiro atoms. The molecule has 108 valence electrons. The summed E-state index contributed by atoms with van der Waals surface area (Å²) in [6.45, 7) is 5.19. The third-order valence-corrected chi connectivity index (χ3v) is 5.16. The standard InChI is InChI=1S/C16H23N3S/c1-2-19-15-6-4-3-5-14(15)18-16(19)12-17-11-13-7-9-20-10-8-13/h3-6,13,17H,2,7-12H2,1H3. The summed E-state index contributed by atoms with van der Waals surface area (Å²) in [7, 11) is 0. The van der Waals surface area contributed by atoms with E-state index in [1.54, 1.807) is 0 Å². The molecule has 0 bridgehead atoms. The number of thioether (sulfide) groups is 1. The Hall–Kier alpha value is -1.00. The quantitative estimate of drug-likeness (QED) is 0.916. The van der Waals surface area contributed by atoms with Crippen molar-refractivity contribution in [1.82, 2.24) is 14.9 Å². The third kappa shape index (κ3) is 3.01. The Balaban J connectivity index is 1.64. The molecule has 2 heterocycles. The number of aryl methyl sites for hydroxylation is 1. The smallest absolute Gasteiger partial charge is 0.123 e. The molecule has 1 N–H and O–H groups in total. The molecule has 3 nitrogen and oxygen atoms in total. The fourth-order valence-electron chi connectivity index (χ4n) is 2.95. The second kappa shape index (κ2) is 6.64. The van der Waals surface area contributed by atoms with Gasteiger partial charge >= 0.3 is 0 Å². The number of hydrogen-bond donors (Lipinski definition) is 1. The Kier molecular flexibility index (Phi) is 4.63. The lowest BCUT2D eigenvalue weighted by Crippen LogP contribution is -2.26. The average molecular weight is 289 g/mol. The van der Waals surface area contributed by atoms with Crippen LogP contribution in [0.3, 0.4) is 0 Å². The van der Waals surface area contributed by atoms with Gasteiger partial charge in [-0.05, 0) is 55.9 Å². The summed E-state index contributed by atoms with van der Waals surface area (Å²) >= 11 is 2.09. The Morgan fingerprint density at radius 2 is 2.10 bits per heavy atom. The van der Waals surface area contributed by atoms with Gasteiger partial charge in [-0.25, -0.2) is 4.98 Å². The highest BCUT2D eigenvalue weighted by Crippen LogP contribution is 2.22. The van der Waals surface area contributed by atoms with Crippen LogP contribution in [0.25, 0.3) is 11.0 Å². The van der Waals surface area contributed by atoms with E-state index in [0.717, 1.165) is 31.1 Å². The van der Waals surface area contributed by atoms with E-state index in [9.17, 15) is 0 Å². The molecule has 4 heteroatoms. The van der Waals surface area contributed by atoms with Crippen molar-refractivity contribution >= 4 is 22.8 Å². The van der Waals surface area contributed by atoms with Gasteiger partial charge in [0.25, 0.3) is 0 Å². The monoisotopic (exact) mass is 289 g/mol. The molecule has 0 unspecified atom stereocenters. The van der Waals surface area contributed by atoms with E-state index >= 15 is 0 Å². The number of imidazole rings is 1. The van der Waals surface area contributed by atoms with E-state index in [1.165, 1.54) is 35.7 Å². The van der Waals surface area contributed by atoms with Crippen LogP contribution in [0.2, 0.25) is 0 Å². The first-order chi connectivity index (χ1) is 9.88. The second-order valence-electron chi connectivity index (χ2n) is 5.45. The van der Waals surface area contributed by atoms with Gasteiger partial charge < -0.3 is 9.88 Å². The van der Waals surface area contributed by atoms with Crippen molar-refractivity contribution in [3.63, 3.8) is 0 Å². The van der Waals surface area contributed by atoms with Crippen LogP contribution in [0.15, 0.2) is 24.3 Å². The highest BCUT2D eigenvalue weighted by Gasteiger charge is 2.14. The van der Waals surface area contributed by atoms with Crippen molar-refractivity contribution in [1.29, 1.82) is 0 Å². The molecule has 20 heavy (non-hydrogen) atoms. The van der Waals surface area contributed by atoms with Crippen LogP contribution in [-0.2, 0) is 13.1 Å². The lowest BCUT2D eigenvalue weighted by atomic mass is 10.0. The summed E-state index contributed by atoms with van der Waals surface area (Å²) in [5, 5.41) is 3.61. The van der Waals surface area contributed by atoms with Gasteiger partial charge in [0.2, 0.25) is 0 Å². The first-order valence-electron chi connectivity index (χ1n) is 7.61. The summed E-state index contributed by atoms with van der Waals surface area (Å²) in [6.07, 6.45) is 2.73. The maximum atomic E-state index is 4.76. The molecule has 1 saturated heterocycles. The number of rotatable bonds is 5. The number of fused-ring (bicyclic) bond motifs is 1. The molecule has 0 atom stereocenters. The van der Waals surface area contributed by atoms with Gasteiger partial charge in [-0.1, -0.05) is 12.1 Å². The molecule has 1 aromatic carbocycles. The molecule has 0 aliphatic carbocycles. The number of nitrogens with one attached hydrogen (secondary N) is 1. The predicted octanol–water partition coefficient (Wildman–Crippen LogP) is 3.29. The third-order valence-electron chi connectivity index (χ3n) is 4.11. The van der Waals surface area contributed by atoms with Crippen LogP contribution in [0.5, 0.6) is 0 Å². The van der Waals surface area contributed by atoms with E-state index in [4.69, 9.17) is 4.98 Å². The van der Waals surface area contributed by atoms with E-state index in [1.807, 2.05) is 0 Å². The molecule has 0 saturated carbocycles. The number of nitrogens with zero attached hydrogens (tertiary/aromatic N) is 2. The molecule has 1 aliphatic rings. The SMILES string of the molecule is CCn1c(CNCC2CCSCC2)nc2ccccc21. The van der Waals surface area contributed by atoms with Crippen LogP contribution in [0, 0.1) is 5.92 Å². The van der Waals surface area contributed by atoms with Gasteiger partial charge in [-0.2, -0.15) is 11.8 Å². The minimum Gasteiger partial charge on any atom is -0.327 e. The normalized spacial score (nSPS) is 16.9. The minimum absolute atomic E-state index is 0.857. The van der Waals surface area contributed by atoms with Crippen molar-refractivity contribution in [2.75, 3.05) is 18.1 Å². The highest BCUT2D eigenvalue weighted by molar-refractivity contribution is 7.99. The molecule has 1 aromatic heterocycles. The minimum atomic E-state index is 0.857. The lowest BCUT2D eigenvalue weighted by molar-refractivity contribution is 0.441. The van der Waals surface area contributed by atoms with Gasteiger partial charge in [-0.15, -0.1) is 0 Å². The summed E-state index contributed by atoms with van der Waals surface area (Å²) in [6, 6.07) is 8.41. The Labute approximate surface area is 125 Å². The van der Waals surface area contributed by atoms with Gasteiger partial charge in [0.15, 0.2) is 0 Å². The van der Waals surface area contributed by atoms with Crippen LogP contribution in [0.4, 0.5) is 0 Å². The van der Waals surface area contributed by atoms with Crippen molar-refractivity contribution in [2.24, 2.45) is 5.92 Å². The van der Waals surface area contributed by atoms with Crippen molar-refractivity contribution in [3.8, 4) is 0 Å². The maximum absolute atomic E-state index is 4.76. The van der Waals surface area contributed by atoms with Crippen LogP contribution >= 0.6 is 11.8 Å². The molecule has 3 rings (SSSR count). The summed E-state index contributed by atoms with van der Waals surface area (Å²) in [4.78, 5) is 4.76. The molecule has 0 amide bonds. The van der Waals surface area contributed by atoms with Crippen LogP contribution in [-0.4, -0.2) is 27.6 Å². The fraction of sp³-hybridized carbons (Fsp3) is 0.562. The lowest BCUT2D eigenvalue weighted by Gasteiger charge is -2.21. The molecule has 1 aliphatic heterocycles. The summed E-state index contributed by atoms with van der Waals surface area (Å²) in [5.41, 5.74) is 2.36. The number of aromatic nitrogens is 2. The van der Waals surface area contributed by atoms with Gasteiger partial charge in [0, 0.05) is 6.54 Å². The molecule has 2 aromatic rings. The first kappa shape index (κ1) is 14.0. The largest absolute Gasteiger partial charge is 0.327 e. The average Bonchev–Trinajstić information content (AvgIpc) is 2.86. The predicted molar refractivity (Wildman–Crippen MR) is 87.2 cm³/mol. The maximum Gasteiger partial charge on any atom is 0.123 e. The van der Waals surface area contributed by atoms with Gasteiger partial charge in [-0.3, -0.25) is 0 Å². The number of para-hydroxylation sites is 2. The van der Waals surface area contributed by atoms with Gasteiger partial charge in [0.1, 0.15) is 5.82 Å². The Morgan fingerprint density at radius 1 is 1.30 bits per heavy atom. The fourth-order valence-corrected chi connectivity index (χ4v) is 4.16. The Morgan fingerprint density at radius 3 is 2.90 bits per heavy atom. The Bertz CT molecular complexity index is 558. The van der Waals surface area contributed by atoms with Gasteiger partial charge in [0.05, 0.1) is 17.6 Å². The molecule has 0 radical (unpaired) electrons. The highest BCUT2D eigenvalue weighted by atomic mass is 32.2. The number of hydrogen-bond acceptors (Lipinski definition) is 3. The molecular weight excluding hydrogens is 266 g/mol. The van der Waals surface area contributed by atoms with E-state index in [0.29, 0.717) is 0 Å². The number of benzene rings is 1. The summed E-state index contributed by atoms with van der Waals surface area (Å²) in [5.74, 6) is 4.69. The van der Waals surface area contributed by atoms with Crippen LogP contribution in [0.1, 0.15) is 25.6 Å². The first-order valence-corrected chi connectivity index (χ1v) is 8.76. The van der Waals surface area contributed by atoms with E-state index in [2.05, 4.69) is 52.8 Å². The zero-order valence-corrected chi connectivity index (χ0v) is 13.0. The van der Waals surface area contributed by atoms with Crippen LogP contribution < -0.4 is 5.32 Å². The van der Waals surface area contributed by atoms with Crippen molar-refractivity contribution in [3.05, 3.63) is 30.1 Å². The second-order valence-corrected chi connectivity index (χ2v) is 6.67. The van der Waals surface area contributed by atoms with E-state index < -0.39 is 0 Å². The molecule has 1 fully saturated rings. The summed E-state index contributed by atoms with van der Waals surface area (Å²) < 4.78 is 2.32. The zero-order chi connectivity index (χ0) is 13.8. The van der Waals surface area contributed by atoms with Crippen molar-refractivity contribution < 1.29 is 0 Å². The zero-order valence-electron chi connectivity index (χ0n) is 12.1. The van der Waals surface area contributed by atoms with E-state index in [-0.39, 0.29) is 0 Å².